The van der Waals surface area contributed by atoms with Gasteiger partial charge in [0.2, 0.25) is 0 Å². The third-order valence-electron chi connectivity index (χ3n) is 5.96. The summed E-state index contributed by atoms with van der Waals surface area (Å²) in [5.74, 6) is -0.144. The molecule has 0 unspecified atom stereocenters. The Morgan fingerprint density at radius 2 is 1.71 bits per heavy atom. The third kappa shape index (κ3) is 4.00. The summed E-state index contributed by atoms with van der Waals surface area (Å²) in [7, 11) is 0. The number of hydrogen-bond acceptors (Lipinski definition) is 3. The van der Waals surface area contributed by atoms with Gasteiger partial charge in [-0.15, -0.1) is 11.3 Å². The molecule has 2 aliphatic rings. The Bertz CT molecular complexity index is 881. The van der Waals surface area contributed by atoms with E-state index < -0.39 is 0 Å². The van der Waals surface area contributed by atoms with Crippen molar-refractivity contribution in [3.05, 3.63) is 51.4 Å². The van der Waals surface area contributed by atoms with Crippen molar-refractivity contribution in [2.75, 3.05) is 5.32 Å². The number of thiophene rings is 1. The summed E-state index contributed by atoms with van der Waals surface area (Å²) in [6.07, 6.45) is 9.95. The van der Waals surface area contributed by atoms with E-state index in [0.717, 1.165) is 49.7 Å². The van der Waals surface area contributed by atoms with Crippen molar-refractivity contribution in [1.82, 2.24) is 5.32 Å². The van der Waals surface area contributed by atoms with Gasteiger partial charge in [0, 0.05) is 16.5 Å². The lowest BCUT2D eigenvalue weighted by atomic mass is 9.93. The summed E-state index contributed by atoms with van der Waals surface area (Å²) < 4.78 is 0. The maximum absolute atomic E-state index is 13.2. The van der Waals surface area contributed by atoms with Crippen LogP contribution in [-0.2, 0) is 12.8 Å². The van der Waals surface area contributed by atoms with Crippen LogP contribution in [-0.4, -0.2) is 17.9 Å². The van der Waals surface area contributed by atoms with Gasteiger partial charge < -0.3 is 10.6 Å². The molecule has 2 N–H and O–H groups in total. The van der Waals surface area contributed by atoms with Gasteiger partial charge in [-0.1, -0.05) is 37.5 Å². The zero-order valence-electron chi connectivity index (χ0n) is 16.5. The lowest BCUT2D eigenvalue weighted by Crippen LogP contribution is -2.37. The van der Waals surface area contributed by atoms with Crippen LogP contribution in [0.3, 0.4) is 0 Å². The van der Waals surface area contributed by atoms with Crippen molar-refractivity contribution in [2.24, 2.45) is 0 Å². The largest absolute Gasteiger partial charge is 0.349 e. The van der Waals surface area contributed by atoms with Crippen molar-refractivity contribution in [2.45, 2.75) is 70.8 Å². The standard InChI is InChI=1S/C23H28N2O2S/c1-15-9-5-6-12-17(15)21(26)25-23-20(18-13-7-8-14-19(18)28-23)22(27)24-16-10-3-2-4-11-16/h5-6,9,12,16H,2-4,7-8,10-11,13-14H2,1H3,(H,24,27)(H,25,26). The van der Waals surface area contributed by atoms with Crippen LogP contribution in [0.15, 0.2) is 24.3 Å². The van der Waals surface area contributed by atoms with Gasteiger partial charge in [-0.3, -0.25) is 9.59 Å². The highest BCUT2D eigenvalue weighted by atomic mass is 32.1. The first-order chi connectivity index (χ1) is 13.6. The summed E-state index contributed by atoms with van der Waals surface area (Å²) in [6, 6.07) is 7.84. The van der Waals surface area contributed by atoms with Crippen LogP contribution in [0.4, 0.5) is 5.00 Å². The van der Waals surface area contributed by atoms with E-state index in [2.05, 4.69) is 10.6 Å². The molecule has 2 amide bonds. The van der Waals surface area contributed by atoms with E-state index in [0.29, 0.717) is 16.1 Å². The summed E-state index contributed by atoms with van der Waals surface area (Å²) in [4.78, 5) is 27.3. The molecular formula is C23H28N2O2S. The van der Waals surface area contributed by atoms with Gasteiger partial charge in [-0.05, 0) is 62.6 Å². The zero-order valence-corrected chi connectivity index (χ0v) is 17.3. The second-order valence-corrected chi connectivity index (χ2v) is 9.10. The van der Waals surface area contributed by atoms with Gasteiger partial charge in [-0.25, -0.2) is 0 Å². The molecular weight excluding hydrogens is 368 g/mol. The van der Waals surface area contributed by atoms with E-state index in [1.54, 1.807) is 11.3 Å². The fourth-order valence-corrected chi connectivity index (χ4v) is 5.68. The SMILES string of the molecule is Cc1ccccc1C(=O)Nc1sc2c(c1C(=O)NC1CCCCC1)CCCC2. The van der Waals surface area contributed by atoms with Gasteiger partial charge >= 0.3 is 0 Å². The topological polar surface area (TPSA) is 58.2 Å². The number of benzene rings is 1. The highest BCUT2D eigenvalue weighted by Crippen LogP contribution is 2.38. The molecule has 148 valence electrons. The zero-order chi connectivity index (χ0) is 19.5. The maximum atomic E-state index is 13.2. The second-order valence-electron chi connectivity index (χ2n) is 7.99. The van der Waals surface area contributed by atoms with Crippen LogP contribution in [0.5, 0.6) is 0 Å². The van der Waals surface area contributed by atoms with E-state index in [1.165, 1.54) is 24.1 Å². The van der Waals surface area contributed by atoms with Gasteiger partial charge in [-0.2, -0.15) is 0 Å². The van der Waals surface area contributed by atoms with Gasteiger partial charge in [0.25, 0.3) is 11.8 Å². The van der Waals surface area contributed by atoms with Gasteiger partial charge in [0.05, 0.1) is 5.56 Å². The highest BCUT2D eigenvalue weighted by molar-refractivity contribution is 7.17. The molecule has 4 rings (SSSR count). The molecule has 2 aliphatic carbocycles. The quantitative estimate of drug-likeness (QED) is 0.741. The number of anilines is 1. The molecule has 28 heavy (non-hydrogen) atoms. The smallest absolute Gasteiger partial charge is 0.256 e. The molecule has 0 spiro atoms. The van der Waals surface area contributed by atoms with Crippen molar-refractivity contribution in [1.29, 1.82) is 0 Å². The maximum Gasteiger partial charge on any atom is 0.256 e. The van der Waals surface area contributed by atoms with Crippen molar-refractivity contribution in [3.8, 4) is 0 Å². The Balaban J connectivity index is 1.61. The van der Waals surface area contributed by atoms with E-state index >= 15 is 0 Å². The average molecular weight is 397 g/mol. The van der Waals surface area contributed by atoms with Crippen LogP contribution in [0.25, 0.3) is 0 Å². The number of nitrogens with one attached hydrogen (secondary N) is 2. The lowest BCUT2D eigenvalue weighted by molar-refractivity contribution is 0.0928. The molecule has 0 atom stereocenters. The molecule has 0 radical (unpaired) electrons. The molecule has 2 aromatic rings. The van der Waals surface area contributed by atoms with E-state index in [4.69, 9.17) is 0 Å². The monoisotopic (exact) mass is 396 g/mol. The number of hydrogen-bond donors (Lipinski definition) is 2. The van der Waals surface area contributed by atoms with E-state index in [1.807, 2.05) is 31.2 Å². The molecule has 1 heterocycles. The highest BCUT2D eigenvalue weighted by Gasteiger charge is 2.28. The second kappa shape index (κ2) is 8.48. The molecule has 0 saturated heterocycles. The van der Waals surface area contributed by atoms with Crippen molar-refractivity contribution in [3.63, 3.8) is 0 Å². The first kappa shape index (κ1) is 19.2. The van der Waals surface area contributed by atoms with Crippen LogP contribution < -0.4 is 10.6 Å². The Kier molecular flexibility index (Phi) is 5.81. The fraction of sp³-hybridized carbons (Fsp3) is 0.478. The molecule has 1 saturated carbocycles. The Labute approximate surface area is 170 Å². The van der Waals surface area contributed by atoms with Crippen molar-refractivity contribution < 1.29 is 9.59 Å². The Morgan fingerprint density at radius 3 is 2.50 bits per heavy atom. The first-order valence-electron chi connectivity index (χ1n) is 10.5. The van der Waals surface area contributed by atoms with E-state index in [9.17, 15) is 9.59 Å². The summed E-state index contributed by atoms with van der Waals surface area (Å²) in [5.41, 5.74) is 3.47. The number of carbonyl (C=O) groups is 2. The van der Waals surface area contributed by atoms with Gasteiger partial charge in [0.15, 0.2) is 0 Å². The number of aryl methyl sites for hydroxylation is 2. The van der Waals surface area contributed by atoms with E-state index in [-0.39, 0.29) is 17.9 Å². The number of fused-ring (bicyclic) bond motifs is 1. The van der Waals surface area contributed by atoms with Crippen LogP contribution in [0, 0.1) is 6.92 Å². The van der Waals surface area contributed by atoms with Crippen LogP contribution in [0.2, 0.25) is 0 Å². The molecule has 0 bridgehead atoms. The summed E-state index contributed by atoms with van der Waals surface area (Å²) in [5, 5.41) is 7.03. The average Bonchev–Trinajstić information content (AvgIpc) is 3.07. The molecule has 0 aliphatic heterocycles. The molecule has 5 heteroatoms. The molecule has 1 fully saturated rings. The van der Waals surface area contributed by atoms with Crippen LogP contribution >= 0.6 is 11.3 Å². The summed E-state index contributed by atoms with van der Waals surface area (Å²) >= 11 is 1.59. The molecule has 1 aromatic heterocycles. The lowest BCUT2D eigenvalue weighted by Gasteiger charge is -2.23. The van der Waals surface area contributed by atoms with Crippen LogP contribution in [0.1, 0.15) is 81.7 Å². The Hall–Kier alpha value is -2.14. The molecule has 1 aromatic carbocycles. The number of carbonyl (C=O) groups excluding carboxylic acids is 2. The minimum Gasteiger partial charge on any atom is -0.349 e. The first-order valence-corrected chi connectivity index (χ1v) is 11.3. The Morgan fingerprint density at radius 1 is 0.964 bits per heavy atom. The molecule has 4 nitrogen and oxygen atoms in total. The fourth-order valence-electron chi connectivity index (χ4n) is 4.40. The van der Waals surface area contributed by atoms with Gasteiger partial charge in [0.1, 0.15) is 5.00 Å². The van der Waals surface area contributed by atoms with Crippen molar-refractivity contribution >= 4 is 28.2 Å². The predicted octanol–water partition coefficient (Wildman–Crippen LogP) is 5.25. The minimum atomic E-state index is -0.136. The predicted molar refractivity (Wildman–Crippen MR) is 114 cm³/mol. The normalized spacial score (nSPS) is 17.0. The minimum absolute atomic E-state index is 0.00798. The number of amides is 2. The third-order valence-corrected chi connectivity index (χ3v) is 7.16. The summed E-state index contributed by atoms with van der Waals surface area (Å²) in [6.45, 7) is 1.94. The number of rotatable bonds is 4.